The fraction of sp³-hybridized carbons (Fsp3) is 0.529. The number of aliphatic hydroxyl groups excluding tert-OH is 1. The molecule has 26 heavy (non-hydrogen) atoms. The molecular weight excluding hydrogens is 356 g/mol. The SMILES string of the molecule is COc1cc(S(=O)(=O)NC2CC(c3nnc(CO)n3C)C2)c(C)cc1C. The Morgan fingerprint density at radius 1 is 1.27 bits per heavy atom. The van der Waals surface area contributed by atoms with Gasteiger partial charge in [-0.25, -0.2) is 13.1 Å². The zero-order valence-electron chi connectivity index (χ0n) is 15.4. The van der Waals surface area contributed by atoms with Crippen molar-refractivity contribution >= 4 is 10.0 Å². The molecule has 2 aromatic rings. The van der Waals surface area contributed by atoms with Crippen LogP contribution in [0.3, 0.4) is 0 Å². The molecule has 0 bridgehead atoms. The summed E-state index contributed by atoms with van der Waals surface area (Å²) < 4.78 is 35.3. The smallest absolute Gasteiger partial charge is 0.241 e. The Morgan fingerprint density at radius 2 is 1.96 bits per heavy atom. The average molecular weight is 380 g/mol. The highest BCUT2D eigenvalue weighted by atomic mass is 32.2. The van der Waals surface area contributed by atoms with Gasteiger partial charge in [0.05, 0.1) is 12.0 Å². The molecule has 0 radical (unpaired) electrons. The molecule has 0 atom stereocenters. The van der Waals surface area contributed by atoms with E-state index in [-0.39, 0.29) is 23.5 Å². The largest absolute Gasteiger partial charge is 0.496 e. The average Bonchev–Trinajstić information content (AvgIpc) is 2.91. The number of aryl methyl sites for hydroxylation is 2. The van der Waals surface area contributed by atoms with Crippen molar-refractivity contribution in [3.05, 3.63) is 34.9 Å². The molecule has 0 amide bonds. The summed E-state index contributed by atoms with van der Waals surface area (Å²) >= 11 is 0. The van der Waals surface area contributed by atoms with Crippen molar-refractivity contribution in [2.24, 2.45) is 7.05 Å². The third-order valence-electron chi connectivity index (χ3n) is 4.95. The van der Waals surface area contributed by atoms with E-state index in [1.165, 1.54) is 7.11 Å². The van der Waals surface area contributed by atoms with E-state index >= 15 is 0 Å². The third-order valence-corrected chi connectivity index (χ3v) is 6.61. The van der Waals surface area contributed by atoms with E-state index in [2.05, 4.69) is 14.9 Å². The maximum Gasteiger partial charge on any atom is 0.241 e. The van der Waals surface area contributed by atoms with Gasteiger partial charge < -0.3 is 14.4 Å². The van der Waals surface area contributed by atoms with Gasteiger partial charge in [-0.05, 0) is 37.8 Å². The highest BCUT2D eigenvalue weighted by Gasteiger charge is 2.37. The molecule has 142 valence electrons. The van der Waals surface area contributed by atoms with Crippen molar-refractivity contribution in [3.63, 3.8) is 0 Å². The topological polar surface area (TPSA) is 106 Å². The predicted octanol–water partition coefficient (Wildman–Crippen LogP) is 1.16. The number of methoxy groups -OCH3 is 1. The summed E-state index contributed by atoms with van der Waals surface area (Å²) in [5, 5.41) is 17.2. The molecule has 1 heterocycles. The summed E-state index contributed by atoms with van der Waals surface area (Å²) in [7, 11) is -0.295. The molecule has 0 saturated heterocycles. The van der Waals surface area contributed by atoms with E-state index in [9.17, 15) is 13.5 Å². The van der Waals surface area contributed by atoms with Crippen LogP contribution in [0.1, 0.15) is 41.5 Å². The minimum Gasteiger partial charge on any atom is -0.496 e. The van der Waals surface area contributed by atoms with Gasteiger partial charge in [0.25, 0.3) is 0 Å². The summed E-state index contributed by atoms with van der Waals surface area (Å²) in [6, 6.07) is 3.23. The van der Waals surface area contributed by atoms with Crippen LogP contribution in [-0.4, -0.2) is 41.4 Å². The maximum absolute atomic E-state index is 12.8. The lowest BCUT2D eigenvalue weighted by atomic mass is 9.80. The van der Waals surface area contributed by atoms with E-state index < -0.39 is 10.0 Å². The monoisotopic (exact) mass is 380 g/mol. The summed E-state index contributed by atoms with van der Waals surface area (Å²) in [6.07, 6.45) is 1.30. The highest BCUT2D eigenvalue weighted by molar-refractivity contribution is 7.89. The minimum absolute atomic E-state index is 0.133. The van der Waals surface area contributed by atoms with E-state index in [0.717, 1.165) is 11.4 Å². The van der Waals surface area contributed by atoms with Gasteiger partial charge in [0, 0.05) is 25.1 Å². The Morgan fingerprint density at radius 3 is 2.54 bits per heavy atom. The standard InChI is InChI=1S/C17H24N4O4S/c1-10-5-11(2)15(8-14(10)25-4)26(23,24)20-13-6-12(7-13)17-19-18-16(9-22)21(17)3/h5,8,12-13,20,22H,6-7,9H2,1-4H3. The Kier molecular flexibility index (Phi) is 5.05. The van der Waals surface area contributed by atoms with Crippen LogP contribution in [0.4, 0.5) is 0 Å². The molecule has 1 saturated carbocycles. The third kappa shape index (κ3) is 3.34. The van der Waals surface area contributed by atoms with E-state index in [1.54, 1.807) is 24.6 Å². The molecule has 0 unspecified atom stereocenters. The zero-order valence-corrected chi connectivity index (χ0v) is 16.2. The zero-order chi connectivity index (χ0) is 19.1. The molecule has 8 nitrogen and oxygen atoms in total. The van der Waals surface area contributed by atoms with Gasteiger partial charge >= 0.3 is 0 Å². The molecular formula is C17H24N4O4S. The highest BCUT2D eigenvalue weighted by Crippen LogP contribution is 2.37. The first-order valence-electron chi connectivity index (χ1n) is 8.43. The number of ether oxygens (including phenoxy) is 1. The number of nitrogens with one attached hydrogen (secondary N) is 1. The summed E-state index contributed by atoms with van der Waals surface area (Å²) in [5.74, 6) is 1.97. The number of rotatable bonds is 6. The lowest BCUT2D eigenvalue weighted by Gasteiger charge is -2.34. The van der Waals surface area contributed by atoms with Crippen molar-refractivity contribution in [2.75, 3.05) is 7.11 Å². The van der Waals surface area contributed by atoms with E-state index in [4.69, 9.17) is 4.74 Å². The van der Waals surface area contributed by atoms with Crippen LogP contribution >= 0.6 is 0 Å². The second-order valence-corrected chi connectivity index (χ2v) is 8.45. The van der Waals surface area contributed by atoms with Crippen LogP contribution in [0.2, 0.25) is 0 Å². The number of aromatic nitrogens is 3. The maximum atomic E-state index is 12.8. The van der Waals surface area contributed by atoms with E-state index in [1.807, 2.05) is 13.0 Å². The molecule has 9 heteroatoms. The summed E-state index contributed by atoms with van der Waals surface area (Å²) in [4.78, 5) is 0.240. The molecule has 1 aromatic carbocycles. The molecule has 1 fully saturated rings. The first-order chi connectivity index (χ1) is 12.3. The number of benzene rings is 1. The first kappa shape index (κ1) is 18.8. The second-order valence-electron chi connectivity index (χ2n) is 6.77. The van der Waals surface area contributed by atoms with Crippen LogP contribution in [0, 0.1) is 13.8 Å². The van der Waals surface area contributed by atoms with Gasteiger partial charge in [0.1, 0.15) is 18.2 Å². The number of hydrogen-bond donors (Lipinski definition) is 2. The van der Waals surface area contributed by atoms with Gasteiger partial charge in [-0.15, -0.1) is 10.2 Å². The van der Waals surface area contributed by atoms with Crippen LogP contribution in [0.15, 0.2) is 17.0 Å². The quantitative estimate of drug-likeness (QED) is 0.779. The fourth-order valence-corrected chi connectivity index (χ4v) is 4.90. The van der Waals surface area contributed by atoms with Gasteiger partial charge in [-0.2, -0.15) is 0 Å². The van der Waals surface area contributed by atoms with Gasteiger partial charge in [0.15, 0.2) is 5.82 Å². The predicted molar refractivity (Wildman–Crippen MR) is 95.5 cm³/mol. The lowest BCUT2D eigenvalue weighted by Crippen LogP contribution is -2.44. The van der Waals surface area contributed by atoms with Crippen molar-refractivity contribution < 1.29 is 18.3 Å². The van der Waals surface area contributed by atoms with Crippen molar-refractivity contribution in [2.45, 2.75) is 50.2 Å². The molecule has 1 aliphatic carbocycles. The Labute approximate surface area is 153 Å². The summed E-state index contributed by atoms with van der Waals surface area (Å²) in [5.41, 5.74) is 1.59. The van der Waals surface area contributed by atoms with E-state index in [0.29, 0.717) is 30.0 Å². The molecule has 3 rings (SSSR count). The number of nitrogens with zero attached hydrogens (tertiary/aromatic N) is 3. The summed E-state index contributed by atoms with van der Waals surface area (Å²) in [6.45, 7) is 3.50. The Hall–Kier alpha value is -1.97. The first-order valence-corrected chi connectivity index (χ1v) is 9.91. The molecule has 1 aromatic heterocycles. The molecule has 0 spiro atoms. The molecule has 2 N–H and O–H groups in total. The molecule has 0 aliphatic heterocycles. The fourth-order valence-electron chi connectivity index (χ4n) is 3.40. The van der Waals surface area contributed by atoms with Crippen LogP contribution in [0.5, 0.6) is 5.75 Å². The Bertz CT molecular complexity index is 917. The van der Waals surface area contributed by atoms with Crippen molar-refractivity contribution in [1.29, 1.82) is 0 Å². The van der Waals surface area contributed by atoms with Crippen LogP contribution in [0.25, 0.3) is 0 Å². The normalized spacial score (nSPS) is 20.0. The van der Waals surface area contributed by atoms with Crippen molar-refractivity contribution in [1.82, 2.24) is 19.5 Å². The molecule has 1 aliphatic rings. The van der Waals surface area contributed by atoms with Gasteiger partial charge in [-0.3, -0.25) is 0 Å². The number of sulfonamides is 1. The van der Waals surface area contributed by atoms with Crippen LogP contribution in [-0.2, 0) is 23.7 Å². The lowest BCUT2D eigenvalue weighted by molar-refractivity contribution is 0.264. The minimum atomic E-state index is -3.63. The number of hydrogen-bond acceptors (Lipinski definition) is 6. The van der Waals surface area contributed by atoms with Crippen LogP contribution < -0.4 is 9.46 Å². The van der Waals surface area contributed by atoms with Gasteiger partial charge in [0.2, 0.25) is 10.0 Å². The Balaban J connectivity index is 1.71. The second kappa shape index (κ2) is 6.98. The van der Waals surface area contributed by atoms with Crippen molar-refractivity contribution in [3.8, 4) is 5.75 Å². The van der Waals surface area contributed by atoms with Gasteiger partial charge in [-0.1, -0.05) is 6.07 Å². The number of aliphatic hydroxyl groups is 1.